The van der Waals surface area contributed by atoms with Gasteiger partial charge in [0.05, 0.1) is 11.4 Å². The maximum absolute atomic E-state index is 12.8. The minimum absolute atomic E-state index is 0. The molecule has 2 N–H and O–H groups in total. The summed E-state index contributed by atoms with van der Waals surface area (Å²) in [4.78, 5) is 27.0. The molecule has 192 valence electrons. The maximum Gasteiger partial charge on any atom is 1.00 e. The number of para-hydroxylation sites is 1. The van der Waals surface area contributed by atoms with Crippen molar-refractivity contribution < 1.29 is 49.0 Å². The fourth-order valence-electron chi connectivity index (χ4n) is 4.11. The summed E-state index contributed by atoms with van der Waals surface area (Å²) in [7, 11) is 0. The van der Waals surface area contributed by atoms with Crippen LogP contribution < -0.4 is 40.0 Å². The first-order chi connectivity index (χ1) is 18.4. The standard InChI is InChI=1S/C31H27ClN2O4.Na/c1-3-7-24(26(32)4-2)19-38-31(37)34-30-25-8-5-6-9-27(25)33-29(30)23-16-14-22(15-17-23)21-12-10-20(11-13-21)18-28(35)36;/h3-17,33H,1,18-19H2,2H3,(H,34,37)(H,35,36);/q;+1/p-1/b24-7-,26-4+;. The molecule has 1 aromatic heterocycles. The second-order valence-corrected chi connectivity index (χ2v) is 8.92. The molecule has 0 aliphatic carbocycles. The molecule has 0 saturated heterocycles. The minimum atomic E-state index is -1.11. The van der Waals surface area contributed by atoms with E-state index in [1.807, 2.05) is 60.7 Å². The van der Waals surface area contributed by atoms with Gasteiger partial charge in [0.1, 0.15) is 6.61 Å². The van der Waals surface area contributed by atoms with Gasteiger partial charge in [-0.25, -0.2) is 4.79 Å². The molecule has 0 aliphatic rings. The molecule has 4 rings (SSSR count). The van der Waals surface area contributed by atoms with Crippen molar-refractivity contribution in [1.29, 1.82) is 0 Å². The number of carboxylic acids is 1. The summed E-state index contributed by atoms with van der Waals surface area (Å²) in [6.45, 7) is 5.47. The van der Waals surface area contributed by atoms with Gasteiger partial charge in [-0.15, -0.1) is 0 Å². The monoisotopic (exact) mass is 548 g/mol. The number of halogens is 1. The molecule has 0 fully saturated rings. The number of fused-ring (bicyclic) bond motifs is 1. The number of H-pyrrole nitrogens is 1. The number of aromatic nitrogens is 1. The van der Waals surface area contributed by atoms with Crippen LogP contribution in [0.5, 0.6) is 0 Å². The van der Waals surface area contributed by atoms with Gasteiger partial charge in [0.2, 0.25) is 0 Å². The molecule has 1 amide bonds. The molecule has 8 heteroatoms. The van der Waals surface area contributed by atoms with E-state index in [0.717, 1.165) is 33.3 Å². The van der Waals surface area contributed by atoms with Crippen LogP contribution in [0.25, 0.3) is 33.3 Å². The first-order valence-corrected chi connectivity index (χ1v) is 12.3. The summed E-state index contributed by atoms with van der Waals surface area (Å²) < 4.78 is 5.46. The van der Waals surface area contributed by atoms with Gasteiger partial charge in [-0.2, -0.15) is 0 Å². The first-order valence-electron chi connectivity index (χ1n) is 12.0. The Balaban J connectivity index is 0.00000420. The topological polar surface area (TPSA) is 94.2 Å². The number of anilines is 1. The zero-order chi connectivity index (χ0) is 27.1. The predicted octanol–water partition coefficient (Wildman–Crippen LogP) is 3.60. The summed E-state index contributed by atoms with van der Waals surface area (Å²) in [5.74, 6) is -1.11. The number of nitrogens with one attached hydrogen (secondary N) is 2. The van der Waals surface area contributed by atoms with Crippen molar-refractivity contribution in [2.75, 3.05) is 11.9 Å². The third-order valence-electron chi connectivity index (χ3n) is 5.98. The summed E-state index contributed by atoms with van der Waals surface area (Å²) in [6, 6.07) is 22.9. The zero-order valence-electron chi connectivity index (χ0n) is 21.8. The van der Waals surface area contributed by atoms with Crippen LogP contribution >= 0.6 is 11.6 Å². The summed E-state index contributed by atoms with van der Waals surface area (Å²) in [5, 5.41) is 15.1. The molecule has 0 radical (unpaired) electrons. The van der Waals surface area contributed by atoms with Crippen LogP contribution in [0.15, 0.2) is 108 Å². The van der Waals surface area contributed by atoms with Crippen LogP contribution in [0.4, 0.5) is 10.5 Å². The van der Waals surface area contributed by atoms with Gasteiger partial charge in [-0.3, -0.25) is 5.32 Å². The van der Waals surface area contributed by atoms with Crippen LogP contribution in [-0.2, 0) is 16.0 Å². The Kier molecular flexibility index (Phi) is 10.8. The van der Waals surface area contributed by atoms with E-state index in [1.165, 1.54) is 0 Å². The van der Waals surface area contributed by atoms with E-state index in [-0.39, 0.29) is 42.6 Å². The van der Waals surface area contributed by atoms with E-state index in [1.54, 1.807) is 37.3 Å². The van der Waals surface area contributed by atoms with Crippen molar-refractivity contribution >= 4 is 40.3 Å². The third kappa shape index (κ3) is 7.52. The number of aliphatic carboxylic acids is 1. The number of carbonyl (C=O) groups excluding carboxylic acids is 2. The zero-order valence-corrected chi connectivity index (χ0v) is 24.5. The molecular formula is C31H26ClN2NaO4. The van der Waals surface area contributed by atoms with Gasteiger partial charge < -0.3 is 19.6 Å². The smallest absolute Gasteiger partial charge is 0.550 e. The Labute approximate surface area is 254 Å². The van der Waals surface area contributed by atoms with E-state index in [2.05, 4.69) is 16.9 Å². The fraction of sp³-hybridized carbons (Fsp3) is 0.0968. The number of allylic oxidation sites excluding steroid dienone is 3. The van der Waals surface area contributed by atoms with Crippen LogP contribution in [-0.4, -0.2) is 23.7 Å². The second-order valence-electron chi connectivity index (χ2n) is 8.51. The molecule has 4 aromatic rings. The molecule has 0 aliphatic heterocycles. The number of carboxylic acid groups (broad SMARTS) is 1. The number of amides is 1. The summed E-state index contributed by atoms with van der Waals surface area (Å²) >= 11 is 6.21. The molecule has 1 heterocycles. The van der Waals surface area contributed by atoms with Gasteiger partial charge in [0.25, 0.3) is 0 Å². The van der Waals surface area contributed by atoms with Crippen molar-refractivity contribution in [3.05, 3.63) is 114 Å². The number of carbonyl (C=O) groups is 2. The summed E-state index contributed by atoms with van der Waals surface area (Å²) in [5.41, 5.74) is 6.35. The quantitative estimate of drug-likeness (QED) is 0.247. The largest absolute Gasteiger partial charge is 1.00 e. The van der Waals surface area contributed by atoms with E-state index >= 15 is 0 Å². The number of aromatic amines is 1. The van der Waals surface area contributed by atoms with Crippen LogP contribution in [0, 0.1) is 0 Å². The van der Waals surface area contributed by atoms with Crippen LogP contribution in [0.2, 0.25) is 0 Å². The van der Waals surface area contributed by atoms with Gasteiger partial charge >= 0.3 is 35.7 Å². The summed E-state index contributed by atoms with van der Waals surface area (Å²) in [6.07, 6.45) is 4.28. The van der Waals surface area contributed by atoms with Crippen molar-refractivity contribution in [2.45, 2.75) is 13.3 Å². The Morgan fingerprint density at radius 3 is 2.23 bits per heavy atom. The molecule has 0 unspecified atom stereocenters. The SMILES string of the molecule is C=C/C=C(COC(=O)Nc1c(-c2ccc(-c3ccc(CC(=O)[O-])cc3)cc2)[nH]c2ccccc12)\C(Cl)=C/C.[Na+]. The van der Waals surface area contributed by atoms with Gasteiger partial charge in [0.15, 0.2) is 0 Å². The molecule has 0 saturated carbocycles. The van der Waals surface area contributed by atoms with Crippen LogP contribution in [0.1, 0.15) is 12.5 Å². The molecule has 0 bridgehead atoms. The normalized spacial score (nSPS) is 11.5. The van der Waals surface area contributed by atoms with E-state index < -0.39 is 12.1 Å². The molecule has 0 atom stereocenters. The Bertz CT molecular complexity index is 1540. The Hall–Kier alpha value is -3.55. The Morgan fingerprint density at radius 2 is 1.62 bits per heavy atom. The fourth-order valence-corrected chi connectivity index (χ4v) is 4.22. The number of benzene rings is 3. The molecular weight excluding hydrogens is 523 g/mol. The van der Waals surface area contributed by atoms with Crippen LogP contribution in [0.3, 0.4) is 0 Å². The molecule has 6 nitrogen and oxygen atoms in total. The second kappa shape index (κ2) is 14.0. The van der Waals surface area contributed by atoms with E-state index in [4.69, 9.17) is 16.3 Å². The maximum atomic E-state index is 12.8. The van der Waals surface area contributed by atoms with Gasteiger partial charge in [-0.1, -0.05) is 103 Å². The van der Waals surface area contributed by atoms with Gasteiger partial charge in [0, 0.05) is 39.5 Å². The van der Waals surface area contributed by atoms with Crippen molar-refractivity contribution in [3.63, 3.8) is 0 Å². The van der Waals surface area contributed by atoms with E-state index in [0.29, 0.717) is 21.9 Å². The molecule has 3 aromatic carbocycles. The average molecular weight is 549 g/mol. The number of hydrogen-bond acceptors (Lipinski definition) is 4. The molecule has 39 heavy (non-hydrogen) atoms. The minimum Gasteiger partial charge on any atom is -0.550 e. The van der Waals surface area contributed by atoms with Crippen molar-refractivity contribution in [2.24, 2.45) is 0 Å². The van der Waals surface area contributed by atoms with Crippen molar-refractivity contribution in [3.8, 4) is 22.4 Å². The number of ether oxygens (including phenoxy) is 1. The first kappa shape index (κ1) is 30.0. The van der Waals surface area contributed by atoms with Crippen molar-refractivity contribution in [1.82, 2.24) is 4.98 Å². The van der Waals surface area contributed by atoms with E-state index in [9.17, 15) is 14.7 Å². The predicted molar refractivity (Wildman–Crippen MR) is 151 cm³/mol. The number of hydrogen-bond donors (Lipinski definition) is 2. The third-order valence-corrected chi connectivity index (χ3v) is 6.44. The Morgan fingerprint density at radius 1 is 1.00 bits per heavy atom. The molecule has 0 spiro atoms. The average Bonchev–Trinajstić information content (AvgIpc) is 3.29. The number of rotatable bonds is 9. The van der Waals surface area contributed by atoms with Gasteiger partial charge in [-0.05, 0) is 29.7 Å².